The molecular weight excluding hydrogens is 410 g/mol. The molecule has 0 aliphatic rings. The molecule has 0 aliphatic heterocycles. The SMILES string of the molecule is CC=CNC(=S)Nc1ccc2nc(-c3ccc(O)cc3)c(-c3ccc(O)cc3)nc2n1. The lowest BCUT2D eigenvalue weighted by Gasteiger charge is -2.12. The second-order valence-corrected chi connectivity index (χ2v) is 7.06. The van der Waals surface area contributed by atoms with Crippen LogP contribution >= 0.6 is 12.2 Å². The second kappa shape index (κ2) is 8.76. The van der Waals surface area contributed by atoms with E-state index < -0.39 is 0 Å². The van der Waals surface area contributed by atoms with Crippen LogP contribution in [0.5, 0.6) is 11.5 Å². The molecule has 0 amide bonds. The van der Waals surface area contributed by atoms with E-state index >= 15 is 0 Å². The molecule has 0 saturated carbocycles. The van der Waals surface area contributed by atoms with Crippen molar-refractivity contribution in [3.8, 4) is 34.0 Å². The lowest BCUT2D eigenvalue weighted by molar-refractivity contribution is 0.475. The highest BCUT2D eigenvalue weighted by Gasteiger charge is 2.15. The lowest BCUT2D eigenvalue weighted by Crippen LogP contribution is -2.23. The molecule has 4 aromatic rings. The van der Waals surface area contributed by atoms with Gasteiger partial charge in [-0.3, -0.25) is 0 Å². The molecule has 0 radical (unpaired) electrons. The van der Waals surface area contributed by atoms with Crippen molar-refractivity contribution in [3.05, 3.63) is 72.9 Å². The fraction of sp³-hybridized carbons (Fsp3) is 0.0435. The van der Waals surface area contributed by atoms with Crippen molar-refractivity contribution in [2.75, 3.05) is 5.32 Å². The van der Waals surface area contributed by atoms with Gasteiger partial charge in [0.15, 0.2) is 10.8 Å². The van der Waals surface area contributed by atoms with Crippen molar-refractivity contribution in [2.45, 2.75) is 6.92 Å². The molecule has 8 heteroatoms. The molecule has 7 nitrogen and oxygen atoms in total. The van der Waals surface area contributed by atoms with Gasteiger partial charge in [-0.05, 0) is 86.0 Å². The zero-order valence-electron chi connectivity index (χ0n) is 16.6. The van der Waals surface area contributed by atoms with Crippen LogP contribution in [0.3, 0.4) is 0 Å². The Kier molecular flexibility index (Phi) is 5.72. The molecule has 4 N–H and O–H groups in total. The number of phenolic OH excluding ortho intramolecular Hbond substituents is 2. The molecule has 154 valence electrons. The van der Waals surface area contributed by atoms with Crippen molar-refractivity contribution >= 4 is 34.3 Å². The van der Waals surface area contributed by atoms with Gasteiger partial charge in [0.25, 0.3) is 0 Å². The number of pyridine rings is 1. The van der Waals surface area contributed by atoms with Gasteiger partial charge in [-0.15, -0.1) is 0 Å². The first-order valence-corrected chi connectivity index (χ1v) is 9.90. The number of hydrogen-bond donors (Lipinski definition) is 4. The first-order valence-electron chi connectivity index (χ1n) is 9.50. The van der Waals surface area contributed by atoms with E-state index in [0.717, 1.165) is 11.1 Å². The first-order chi connectivity index (χ1) is 15.0. The van der Waals surface area contributed by atoms with E-state index in [2.05, 4.69) is 15.6 Å². The monoisotopic (exact) mass is 429 g/mol. The van der Waals surface area contributed by atoms with Crippen LogP contribution in [0.2, 0.25) is 0 Å². The van der Waals surface area contributed by atoms with E-state index in [1.807, 2.05) is 19.1 Å². The number of fused-ring (bicyclic) bond motifs is 1. The summed E-state index contributed by atoms with van der Waals surface area (Å²) in [5, 5.41) is 25.7. The molecule has 0 saturated heterocycles. The second-order valence-electron chi connectivity index (χ2n) is 6.65. The van der Waals surface area contributed by atoms with Gasteiger partial charge in [0.05, 0.1) is 11.4 Å². The van der Waals surface area contributed by atoms with Gasteiger partial charge in [-0.1, -0.05) is 6.08 Å². The van der Waals surface area contributed by atoms with Crippen molar-refractivity contribution < 1.29 is 10.2 Å². The number of phenols is 2. The maximum atomic E-state index is 9.67. The lowest BCUT2D eigenvalue weighted by atomic mass is 10.0. The van der Waals surface area contributed by atoms with Gasteiger partial charge in [0, 0.05) is 11.1 Å². The standard InChI is InChI=1S/C23H19N5O2S/c1-2-13-24-23(31)27-19-12-11-18-22(26-19)28-21(15-5-9-17(30)10-6-15)20(25-18)14-3-7-16(29)8-4-14/h2-13,29-30H,1H3,(H2,24,26,27,28,31). The Bertz CT molecular complexity index is 1270. The number of benzene rings is 2. The van der Waals surface area contributed by atoms with Crippen LogP contribution in [0, 0.1) is 0 Å². The molecular formula is C23H19N5O2S. The van der Waals surface area contributed by atoms with Crippen LogP contribution < -0.4 is 10.6 Å². The average molecular weight is 430 g/mol. The van der Waals surface area contributed by atoms with Gasteiger partial charge in [0.2, 0.25) is 0 Å². The minimum atomic E-state index is 0.162. The highest BCUT2D eigenvalue weighted by Crippen LogP contribution is 2.32. The van der Waals surface area contributed by atoms with E-state index in [9.17, 15) is 10.2 Å². The number of hydrogen-bond acceptors (Lipinski definition) is 6. The van der Waals surface area contributed by atoms with Crippen LogP contribution in [0.15, 0.2) is 72.9 Å². The summed E-state index contributed by atoms with van der Waals surface area (Å²) in [6, 6.07) is 17.1. The van der Waals surface area contributed by atoms with E-state index in [1.54, 1.807) is 60.8 Å². The molecule has 2 aromatic carbocycles. The number of aromatic nitrogens is 3. The van der Waals surface area contributed by atoms with E-state index in [1.165, 1.54) is 0 Å². The van der Waals surface area contributed by atoms with Gasteiger partial charge in [0.1, 0.15) is 22.8 Å². The van der Waals surface area contributed by atoms with Crippen molar-refractivity contribution in [1.82, 2.24) is 20.3 Å². The number of nitrogens with one attached hydrogen (secondary N) is 2. The molecule has 0 fully saturated rings. The molecule has 2 heterocycles. The Morgan fingerprint density at radius 1 is 0.806 bits per heavy atom. The summed E-state index contributed by atoms with van der Waals surface area (Å²) in [6.07, 6.45) is 3.56. The molecule has 31 heavy (non-hydrogen) atoms. The predicted molar refractivity (Wildman–Crippen MR) is 126 cm³/mol. The topological polar surface area (TPSA) is 103 Å². The maximum Gasteiger partial charge on any atom is 0.180 e. The largest absolute Gasteiger partial charge is 0.508 e. The highest BCUT2D eigenvalue weighted by molar-refractivity contribution is 7.80. The number of allylic oxidation sites excluding steroid dienone is 1. The van der Waals surface area contributed by atoms with Crippen molar-refractivity contribution in [2.24, 2.45) is 0 Å². The van der Waals surface area contributed by atoms with E-state index in [0.29, 0.717) is 33.5 Å². The molecule has 0 bridgehead atoms. The Balaban J connectivity index is 1.83. The summed E-state index contributed by atoms with van der Waals surface area (Å²) in [7, 11) is 0. The summed E-state index contributed by atoms with van der Waals surface area (Å²) in [6.45, 7) is 1.88. The van der Waals surface area contributed by atoms with Crippen molar-refractivity contribution in [3.63, 3.8) is 0 Å². The van der Waals surface area contributed by atoms with Crippen LogP contribution in [0.25, 0.3) is 33.7 Å². The third-order valence-electron chi connectivity index (χ3n) is 4.43. The van der Waals surface area contributed by atoms with Crippen LogP contribution in [-0.2, 0) is 0 Å². The summed E-state index contributed by atoms with van der Waals surface area (Å²) < 4.78 is 0. The minimum Gasteiger partial charge on any atom is -0.508 e. The summed E-state index contributed by atoms with van der Waals surface area (Å²) >= 11 is 5.24. The Morgan fingerprint density at radius 3 is 1.97 bits per heavy atom. The number of aromatic hydroxyl groups is 2. The van der Waals surface area contributed by atoms with Gasteiger partial charge in [-0.2, -0.15) is 0 Å². The zero-order valence-corrected chi connectivity index (χ0v) is 17.4. The highest BCUT2D eigenvalue weighted by atomic mass is 32.1. The predicted octanol–water partition coefficient (Wildman–Crippen LogP) is 4.59. The smallest absolute Gasteiger partial charge is 0.180 e. The molecule has 0 atom stereocenters. The zero-order chi connectivity index (χ0) is 21.8. The van der Waals surface area contributed by atoms with Gasteiger partial charge < -0.3 is 20.8 Å². The van der Waals surface area contributed by atoms with Crippen molar-refractivity contribution in [1.29, 1.82) is 0 Å². The van der Waals surface area contributed by atoms with E-state index in [-0.39, 0.29) is 11.5 Å². The van der Waals surface area contributed by atoms with Gasteiger partial charge in [-0.25, -0.2) is 15.0 Å². The number of anilines is 1. The third kappa shape index (κ3) is 4.59. The Labute approximate surface area is 184 Å². The third-order valence-corrected chi connectivity index (χ3v) is 4.65. The van der Waals surface area contributed by atoms with Crippen LogP contribution in [0.4, 0.5) is 5.82 Å². The van der Waals surface area contributed by atoms with Gasteiger partial charge >= 0.3 is 0 Å². The number of rotatable bonds is 4. The first kappa shape index (κ1) is 20.2. The summed E-state index contributed by atoms with van der Waals surface area (Å²) in [4.78, 5) is 14.1. The quantitative estimate of drug-likeness (QED) is 0.349. The van der Waals surface area contributed by atoms with Crippen LogP contribution in [-0.4, -0.2) is 30.3 Å². The molecule has 0 aliphatic carbocycles. The normalized spacial score (nSPS) is 11.0. The molecule has 0 unspecified atom stereocenters. The fourth-order valence-electron chi connectivity index (χ4n) is 2.97. The number of thiocarbonyl (C=S) groups is 1. The molecule has 2 aromatic heterocycles. The van der Waals surface area contributed by atoms with E-state index in [4.69, 9.17) is 22.2 Å². The van der Waals surface area contributed by atoms with Crippen LogP contribution in [0.1, 0.15) is 6.92 Å². The molecule has 0 spiro atoms. The minimum absolute atomic E-state index is 0.162. The Morgan fingerprint density at radius 2 is 1.39 bits per heavy atom. The fourth-order valence-corrected chi connectivity index (χ4v) is 3.14. The summed E-state index contributed by atoms with van der Waals surface area (Å²) in [5.41, 5.74) is 3.89. The average Bonchev–Trinajstić information content (AvgIpc) is 2.78. The summed E-state index contributed by atoms with van der Waals surface area (Å²) in [5.74, 6) is 0.872. The number of nitrogens with zero attached hydrogens (tertiary/aromatic N) is 3. The maximum absolute atomic E-state index is 9.67. The molecule has 4 rings (SSSR count). The Hall–Kier alpha value is -4.04.